The lowest BCUT2D eigenvalue weighted by atomic mass is 9.92. The van der Waals surface area contributed by atoms with Crippen LogP contribution in [0.5, 0.6) is 0 Å². The summed E-state index contributed by atoms with van der Waals surface area (Å²) >= 11 is 6.42. The van der Waals surface area contributed by atoms with Crippen LogP contribution in [0.25, 0.3) is 11.2 Å². The van der Waals surface area contributed by atoms with Crippen LogP contribution >= 0.6 is 11.6 Å². The zero-order valence-electron chi connectivity index (χ0n) is 17.2. The molecule has 0 saturated carbocycles. The van der Waals surface area contributed by atoms with Crippen LogP contribution in [0.15, 0.2) is 33.9 Å². The van der Waals surface area contributed by atoms with Crippen molar-refractivity contribution in [2.45, 2.75) is 26.8 Å². The van der Waals surface area contributed by atoms with Crippen LogP contribution in [0.3, 0.4) is 0 Å². The number of fused-ring (bicyclic) bond motifs is 1. The Bertz CT molecular complexity index is 1180. The molecule has 0 N–H and O–H groups in total. The fourth-order valence-corrected chi connectivity index (χ4v) is 4.64. The molecule has 29 heavy (non-hydrogen) atoms. The van der Waals surface area contributed by atoms with Gasteiger partial charge in [0.25, 0.3) is 5.56 Å². The maximum Gasteiger partial charge on any atom is 0.332 e. The molecule has 8 heteroatoms. The minimum Gasteiger partial charge on any atom is -0.342 e. The molecule has 2 atom stereocenters. The van der Waals surface area contributed by atoms with Crippen LogP contribution in [0.4, 0.5) is 5.95 Å². The number of imidazole rings is 1. The molecular weight excluding hydrogens is 390 g/mol. The van der Waals surface area contributed by atoms with Gasteiger partial charge in [-0.1, -0.05) is 43.6 Å². The number of hydrogen-bond donors (Lipinski definition) is 0. The van der Waals surface area contributed by atoms with Gasteiger partial charge in [-0.05, 0) is 29.9 Å². The molecule has 3 heterocycles. The Morgan fingerprint density at radius 1 is 1.07 bits per heavy atom. The van der Waals surface area contributed by atoms with Crippen molar-refractivity contribution in [2.75, 3.05) is 18.0 Å². The van der Waals surface area contributed by atoms with Gasteiger partial charge in [-0.3, -0.25) is 18.5 Å². The first-order valence-electron chi connectivity index (χ1n) is 9.92. The van der Waals surface area contributed by atoms with E-state index in [0.717, 1.165) is 29.2 Å². The molecule has 0 spiro atoms. The Kier molecular flexibility index (Phi) is 5.02. The van der Waals surface area contributed by atoms with Crippen LogP contribution in [0.1, 0.15) is 25.8 Å². The fourth-order valence-electron chi connectivity index (χ4n) is 4.45. The zero-order chi connectivity index (χ0) is 20.9. The molecule has 0 unspecified atom stereocenters. The number of benzene rings is 1. The number of piperidine rings is 1. The van der Waals surface area contributed by atoms with E-state index in [-0.39, 0.29) is 11.2 Å². The average molecular weight is 416 g/mol. The van der Waals surface area contributed by atoms with E-state index >= 15 is 0 Å². The third-order valence-electron chi connectivity index (χ3n) is 5.77. The molecule has 2 aromatic heterocycles. The highest BCUT2D eigenvalue weighted by atomic mass is 35.5. The first kappa shape index (κ1) is 19.8. The summed E-state index contributed by atoms with van der Waals surface area (Å²) in [6, 6.07) is 7.61. The van der Waals surface area contributed by atoms with E-state index in [4.69, 9.17) is 16.6 Å². The van der Waals surface area contributed by atoms with Gasteiger partial charge < -0.3 is 4.90 Å². The van der Waals surface area contributed by atoms with E-state index < -0.39 is 0 Å². The zero-order valence-corrected chi connectivity index (χ0v) is 18.0. The van der Waals surface area contributed by atoms with Gasteiger partial charge in [0.05, 0.1) is 6.54 Å². The molecule has 1 aliphatic heterocycles. The predicted molar refractivity (Wildman–Crippen MR) is 116 cm³/mol. The highest BCUT2D eigenvalue weighted by Crippen LogP contribution is 2.29. The molecule has 1 aliphatic rings. The monoisotopic (exact) mass is 415 g/mol. The first-order valence-corrected chi connectivity index (χ1v) is 10.3. The fraction of sp³-hybridized carbons (Fsp3) is 0.476. The Morgan fingerprint density at radius 3 is 2.38 bits per heavy atom. The topological polar surface area (TPSA) is 65.1 Å². The van der Waals surface area contributed by atoms with Crippen LogP contribution in [0, 0.1) is 11.8 Å². The summed E-state index contributed by atoms with van der Waals surface area (Å²) in [5.74, 6) is 1.77. The summed E-state index contributed by atoms with van der Waals surface area (Å²) < 4.78 is 4.50. The second-order valence-corrected chi connectivity index (χ2v) is 8.73. The van der Waals surface area contributed by atoms with E-state index in [1.807, 2.05) is 28.8 Å². The maximum atomic E-state index is 13.1. The highest BCUT2D eigenvalue weighted by molar-refractivity contribution is 6.31. The van der Waals surface area contributed by atoms with Gasteiger partial charge >= 0.3 is 5.69 Å². The van der Waals surface area contributed by atoms with E-state index in [1.165, 1.54) is 18.0 Å². The third-order valence-corrected chi connectivity index (χ3v) is 6.13. The highest BCUT2D eigenvalue weighted by Gasteiger charge is 2.28. The van der Waals surface area contributed by atoms with Crippen molar-refractivity contribution in [1.29, 1.82) is 0 Å². The van der Waals surface area contributed by atoms with Gasteiger partial charge in [-0.15, -0.1) is 0 Å². The van der Waals surface area contributed by atoms with Crippen molar-refractivity contribution < 1.29 is 0 Å². The summed E-state index contributed by atoms with van der Waals surface area (Å²) in [6.45, 7) is 6.62. The number of anilines is 1. The van der Waals surface area contributed by atoms with Crippen molar-refractivity contribution in [1.82, 2.24) is 18.7 Å². The van der Waals surface area contributed by atoms with Crippen LogP contribution < -0.4 is 16.1 Å². The van der Waals surface area contributed by atoms with Gasteiger partial charge in [-0.2, -0.15) is 4.98 Å². The quantitative estimate of drug-likeness (QED) is 0.659. The van der Waals surface area contributed by atoms with Crippen molar-refractivity contribution in [3.63, 3.8) is 0 Å². The number of rotatable bonds is 3. The number of hydrogen-bond acceptors (Lipinski definition) is 4. The standard InChI is InChI=1S/C21H26ClN5O2/c1-13-9-14(2)11-26(10-13)20-23-18-17(19(28)25(4)21(29)24(18)3)27(20)12-15-7-5-6-8-16(15)22/h5-8,13-14H,9-12H2,1-4H3/t13-,14-/m1/s1. The Labute approximate surface area is 174 Å². The van der Waals surface area contributed by atoms with Crippen molar-refractivity contribution in [3.05, 3.63) is 55.7 Å². The third kappa shape index (κ3) is 3.37. The molecule has 0 radical (unpaired) electrons. The van der Waals surface area contributed by atoms with Gasteiger partial charge in [0.2, 0.25) is 5.95 Å². The molecular formula is C21H26ClN5O2. The van der Waals surface area contributed by atoms with Crippen LogP contribution in [-0.4, -0.2) is 31.8 Å². The van der Waals surface area contributed by atoms with Crippen molar-refractivity contribution >= 4 is 28.7 Å². The Hall–Kier alpha value is -2.54. The number of halogens is 1. The minimum atomic E-state index is -0.378. The number of aryl methyl sites for hydroxylation is 1. The van der Waals surface area contributed by atoms with Crippen LogP contribution in [-0.2, 0) is 20.6 Å². The summed E-state index contributed by atoms with van der Waals surface area (Å²) in [4.78, 5) is 32.5. The molecule has 4 rings (SSSR count). The van der Waals surface area contributed by atoms with Gasteiger partial charge in [-0.25, -0.2) is 4.79 Å². The average Bonchev–Trinajstić information content (AvgIpc) is 3.05. The van der Waals surface area contributed by atoms with E-state index in [9.17, 15) is 9.59 Å². The maximum absolute atomic E-state index is 13.1. The number of aromatic nitrogens is 4. The van der Waals surface area contributed by atoms with Crippen LogP contribution in [0.2, 0.25) is 5.02 Å². The summed E-state index contributed by atoms with van der Waals surface area (Å²) in [6.07, 6.45) is 1.17. The Balaban J connectivity index is 1.98. The van der Waals surface area contributed by atoms with Gasteiger partial charge in [0.1, 0.15) is 0 Å². The van der Waals surface area contributed by atoms with Crippen molar-refractivity contribution in [3.8, 4) is 0 Å². The predicted octanol–water partition coefficient (Wildman–Crippen LogP) is 2.62. The Morgan fingerprint density at radius 2 is 1.72 bits per heavy atom. The molecule has 1 fully saturated rings. The second-order valence-electron chi connectivity index (χ2n) is 8.32. The second kappa shape index (κ2) is 7.37. The molecule has 0 aliphatic carbocycles. The minimum absolute atomic E-state index is 0.341. The van der Waals surface area contributed by atoms with E-state index in [2.05, 4.69) is 18.7 Å². The van der Waals surface area contributed by atoms with Gasteiger partial charge in [0.15, 0.2) is 11.2 Å². The lowest BCUT2D eigenvalue weighted by Crippen LogP contribution is -2.40. The van der Waals surface area contributed by atoms with Gasteiger partial charge in [0, 0.05) is 32.2 Å². The summed E-state index contributed by atoms with van der Waals surface area (Å²) in [7, 11) is 3.16. The number of nitrogens with zero attached hydrogens (tertiary/aromatic N) is 5. The molecule has 154 valence electrons. The van der Waals surface area contributed by atoms with E-state index in [1.54, 1.807) is 7.05 Å². The SMILES string of the molecule is C[C@@H]1C[C@@H](C)CN(c2nc3c(c(=O)n(C)c(=O)n3C)n2Cc2ccccc2Cl)C1. The lowest BCUT2D eigenvalue weighted by molar-refractivity contribution is 0.352. The summed E-state index contributed by atoms with van der Waals surface area (Å²) in [5.41, 5.74) is 1.02. The molecule has 1 aromatic carbocycles. The molecule has 0 amide bonds. The molecule has 3 aromatic rings. The molecule has 7 nitrogen and oxygen atoms in total. The first-order chi connectivity index (χ1) is 13.8. The molecule has 0 bridgehead atoms. The largest absolute Gasteiger partial charge is 0.342 e. The summed E-state index contributed by atoms with van der Waals surface area (Å²) in [5, 5.41) is 0.641. The van der Waals surface area contributed by atoms with Crippen molar-refractivity contribution in [2.24, 2.45) is 25.9 Å². The lowest BCUT2D eigenvalue weighted by Gasteiger charge is -2.35. The smallest absolute Gasteiger partial charge is 0.332 e. The molecule has 1 saturated heterocycles. The normalized spacial score (nSPS) is 19.8. The van der Waals surface area contributed by atoms with E-state index in [0.29, 0.717) is 34.6 Å².